The molecule has 1 fully saturated rings. The second kappa shape index (κ2) is 6.44. The molecule has 1 aromatic heterocycles. The highest BCUT2D eigenvalue weighted by atomic mass is 32.2. The van der Waals surface area contributed by atoms with Crippen LogP contribution < -0.4 is 5.32 Å². The Balaban J connectivity index is 1.88. The van der Waals surface area contributed by atoms with Crippen molar-refractivity contribution in [2.45, 2.75) is 64.3 Å². The molecule has 1 aromatic rings. The molecule has 0 saturated heterocycles. The number of thiophene rings is 1. The van der Waals surface area contributed by atoms with Gasteiger partial charge < -0.3 is 5.32 Å². The lowest BCUT2D eigenvalue weighted by atomic mass is 10.1. The fraction of sp³-hybridized carbons (Fsp3) is 0.733. The van der Waals surface area contributed by atoms with Crippen molar-refractivity contribution < 1.29 is 0 Å². The third-order valence-electron chi connectivity index (χ3n) is 3.82. The van der Waals surface area contributed by atoms with Crippen LogP contribution >= 0.6 is 23.1 Å². The van der Waals surface area contributed by atoms with E-state index in [0.717, 1.165) is 11.3 Å². The summed E-state index contributed by atoms with van der Waals surface area (Å²) < 4.78 is 0. The summed E-state index contributed by atoms with van der Waals surface area (Å²) in [5.74, 6) is 1.26. The summed E-state index contributed by atoms with van der Waals surface area (Å²) in [7, 11) is 0. The van der Waals surface area contributed by atoms with Crippen molar-refractivity contribution in [2.75, 3.05) is 5.75 Å². The first-order valence-electron chi connectivity index (χ1n) is 7.04. The molecule has 3 unspecified atom stereocenters. The van der Waals surface area contributed by atoms with Gasteiger partial charge in [0.1, 0.15) is 0 Å². The molecule has 0 amide bonds. The van der Waals surface area contributed by atoms with E-state index < -0.39 is 0 Å². The summed E-state index contributed by atoms with van der Waals surface area (Å²) in [4.78, 5) is 2.91. The Morgan fingerprint density at radius 3 is 2.83 bits per heavy atom. The quantitative estimate of drug-likeness (QED) is 0.841. The summed E-state index contributed by atoms with van der Waals surface area (Å²) in [6.45, 7) is 9.03. The maximum absolute atomic E-state index is 3.83. The molecule has 0 bridgehead atoms. The average molecular weight is 284 g/mol. The minimum absolute atomic E-state index is 0.505. The maximum atomic E-state index is 3.83. The molecule has 1 heterocycles. The largest absolute Gasteiger partial charge is 0.307 e. The molecule has 0 aromatic carbocycles. The van der Waals surface area contributed by atoms with Crippen LogP contribution in [0.1, 0.15) is 54.5 Å². The van der Waals surface area contributed by atoms with Gasteiger partial charge in [-0.1, -0.05) is 6.92 Å². The zero-order valence-corrected chi connectivity index (χ0v) is 13.6. The summed E-state index contributed by atoms with van der Waals surface area (Å²) in [6, 6.07) is 3.58. The number of rotatable bonds is 5. The Kier molecular flexibility index (Phi) is 5.16. The lowest BCUT2D eigenvalue weighted by Crippen LogP contribution is -2.29. The monoisotopic (exact) mass is 283 g/mol. The molecule has 0 radical (unpaired) electrons. The molecule has 18 heavy (non-hydrogen) atoms. The number of thioether (sulfide) groups is 1. The van der Waals surface area contributed by atoms with Crippen LogP contribution in [0.4, 0.5) is 0 Å². The summed E-state index contributed by atoms with van der Waals surface area (Å²) in [6.07, 6.45) is 4.10. The highest BCUT2D eigenvalue weighted by Gasteiger charge is 2.26. The number of nitrogens with one attached hydrogen (secondary N) is 1. The highest BCUT2D eigenvalue weighted by molar-refractivity contribution is 7.99. The van der Waals surface area contributed by atoms with Crippen molar-refractivity contribution in [3.8, 4) is 0 Å². The van der Waals surface area contributed by atoms with Crippen LogP contribution in [0.15, 0.2) is 6.07 Å². The van der Waals surface area contributed by atoms with E-state index in [4.69, 9.17) is 0 Å². The molecule has 1 N–H and O–H groups in total. The van der Waals surface area contributed by atoms with Crippen molar-refractivity contribution in [1.82, 2.24) is 5.32 Å². The third-order valence-corrected chi connectivity index (χ3v) is 6.03. The molecule has 1 aliphatic carbocycles. The van der Waals surface area contributed by atoms with E-state index in [0.29, 0.717) is 6.04 Å². The first-order chi connectivity index (χ1) is 8.60. The van der Waals surface area contributed by atoms with E-state index in [1.807, 2.05) is 11.3 Å². The first-order valence-corrected chi connectivity index (χ1v) is 8.91. The van der Waals surface area contributed by atoms with Gasteiger partial charge in [-0.15, -0.1) is 11.3 Å². The molecule has 1 nitrogen and oxygen atoms in total. The van der Waals surface area contributed by atoms with Crippen LogP contribution in [0.2, 0.25) is 0 Å². The Hall–Kier alpha value is 0.01000. The average Bonchev–Trinajstić information content (AvgIpc) is 2.86. The molecular formula is C15H25NS2. The van der Waals surface area contributed by atoms with Gasteiger partial charge in [0.2, 0.25) is 0 Å². The lowest BCUT2D eigenvalue weighted by Gasteiger charge is -2.20. The Labute approximate surface area is 120 Å². The second-order valence-electron chi connectivity index (χ2n) is 5.34. The smallest absolute Gasteiger partial charge is 0.0305 e. The highest BCUT2D eigenvalue weighted by Crippen LogP contribution is 2.32. The van der Waals surface area contributed by atoms with Gasteiger partial charge in [0.15, 0.2) is 0 Å². The normalized spacial score (nSPS) is 25.6. The van der Waals surface area contributed by atoms with Crippen molar-refractivity contribution in [3.05, 3.63) is 21.4 Å². The van der Waals surface area contributed by atoms with E-state index >= 15 is 0 Å². The van der Waals surface area contributed by atoms with Crippen LogP contribution in [0, 0.1) is 13.8 Å². The molecule has 3 atom stereocenters. The fourth-order valence-corrected chi connectivity index (χ4v) is 5.17. The SMILES string of the molecule is CCSC1CCC(NC(C)c2cc(C)sc2C)C1. The van der Waals surface area contributed by atoms with E-state index in [9.17, 15) is 0 Å². The Bertz CT molecular complexity index is 386. The third kappa shape index (κ3) is 3.52. The Morgan fingerprint density at radius 1 is 1.44 bits per heavy atom. The summed E-state index contributed by atoms with van der Waals surface area (Å²) in [5.41, 5.74) is 1.50. The lowest BCUT2D eigenvalue weighted by molar-refractivity contribution is 0.462. The van der Waals surface area contributed by atoms with Crippen molar-refractivity contribution >= 4 is 23.1 Å². The van der Waals surface area contributed by atoms with Gasteiger partial charge >= 0.3 is 0 Å². The minimum Gasteiger partial charge on any atom is -0.307 e. The van der Waals surface area contributed by atoms with Crippen molar-refractivity contribution in [1.29, 1.82) is 0 Å². The zero-order chi connectivity index (χ0) is 13.1. The van der Waals surface area contributed by atoms with Gasteiger partial charge in [0.25, 0.3) is 0 Å². The fourth-order valence-electron chi connectivity index (χ4n) is 3.00. The molecule has 2 rings (SSSR count). The van der Waals surface area contributed by atoms with Crippen LogP contribution in [0.3, 0.4) is 0 Å². The van der Waals surface area contributed by atoms with Crippen LogP contribution in [-0.2, 0) is 0 Å². The van der Waals surface area contributed by atoms with E-state index in [1.54, 1.807) is 0 Å². The van der Waals surface area contributed by atoms with Crippen LogP contribution in [0.25, 0.3) is 0 Å². The molecule has 1 saturated carbocycles. The maximum Gasteiger partial charge on any atom is 0.0305 e. The predicted molar refractivity (Wildman–Crippen MR) is 84.9 cm³/mol. The summed E-state index contributed by atoms with van der Waals surface area (Å²) in [5, 5.41) is 4.72. The van der Waals surface area contributed by atoms with Crippen molar-refractivity contribution in [3.63, 3.8) is 0 Å². The molecular weight excluding hydrogens is 258 g/mol. The molecule has 0 aliphatic heterocycles. The summed E-state index contributed by atoms with van der Waals surface area (Å²) >= 11 is 4.05. The molecule has 0 spiro atoms. The van der Waals surface area contributed by atoms with Gasteiger partial charge in [0, 0.05) is 27.1 Å². The van der Waals surface area contributed by atoms with Crippen LogP contribution in [-0.4, -0.2) is 17.0 Å². The predicted octanol–water partition coefficient (Wildman–Crippen LogP) is 4.69. The number of hydrogen-bond acceptors (Lipinski definition) is 3. The molecule has 102 valence electrons. The number of hydrogen-bond donors (Lipinski definition) is 1. The van der Waals surface area contributed by atoms with E-state index in [1.165, 1.54) is 40.3 Å². The molecule has 1 aliphatic rings. The van der Waals surface area contributed by atoms with Gasteiger partial charge in [-0.3, -0.25) is 0 Å². The van der Waals surface area contributed by atoms with E-state index in [-0.39, 0.29) is 0 Å². The Morgan fingerprint density at radius 2 is 2.22 bits per heavy atom. The van der Waals surface area contributed by atoms with Gasteiger partial charge in [0.05, 0.1) is 0 Å². The van der Waals surface area contributed by atoms with Gasteiger partial charge in [-0.2, -0.15) is 11.8 Å². The topological polar surface area (TPSA) is 12.0 Å². The van der Waals surface area contributed by atoms with E-state index in [2.05, 4.69) is 50.8 Å². The molecule has 3 heteroatoms. The minimum atomic E-state index is 0.505. The second-order valence-corrected chi connectivity index (χ2v) is 8.38. The zero-order valence-electron chi connectivity index (χ0n) is 12.0. The first kappa shape index (κ1) is 14.4. The van der Waals surface area contributed by atoms with Crippen molar-refractivity contribution in [2.24, 2.45) is 0 Å². The van der Waals surface area contributed by atoms with Gasteiger partial charge in [-0.25, -0.2) is 0 Å². The van der Waals surface area contributed by atoms with Crippen LogP contribution in [0.5, 0.6) is 0 Å². The standard InChI is InChI=1S/C15H25NS2/c1-5-17-14-7-6-13(9-14)16-11(3)15-8-10(2)18-12(15)4/h8,11,13-14,16H,5-7,9H2,1-4H3. The number of aryl methyl sites for hydroxylation is 2. The van der Waals surface area contributed by atoms with Gasteiger partial charge in [-0.05, 0) is 57.4 Å².